The van der Waals surface area contributed by atoms with Crippen molar-refractivity contribution < 1.29 is 18.9 Å². The molecule has 0 heterocycles. The summed E-state index contributed by atoms with van der Waals surface area (Å²) in [4.78, 5) is 0. The van der Waals surface area contributed by atoms with Crippen molar-refractivity contribution in [3.63, 3.8) is 0 Å². The molecule has 0 fully saturated rings. The van der Waals surface area contributed by atoms with Crippen LogP contribution in [0.1, 0.15) is 46.0 Å². The van der Waals surface area contributed by atoms with Gasteiger partial charge in [-0.2, -0.15) is 0 Å². The number of methoxy groups -OCH3 is 2. The summed E-state index contributed by atoms with van der Waals surface area (Å²) in [6.45, 7) is 5.18. The molecule has 102 valence electrons. The van der Waals surface area contributed by atoms with Crippen LogP contribution >= 0.6 is 0 Å². The zero-order chi connectivity index (χ0) is 12.9. The van der Waals surface area contributed by atoms with Crippen LogP contribution in [0.3, 0.4) is 0 Å². The van der Waals surface area contributed by atoms with E-state index in [-0.39, 0.29) is 6.79 Å². The lowest BCUT2D eigenvalue weighted by Gasteiger charge is -2.13. The minimum Gasteiger partial charge on any atom is -0.494 e. The van der Waals surface area contributed by atoms with Gasteiger partial charge in [0.2, 0.25) is 0 Å². The van der Waals surface area contributed by atoms with Crippen LogP contribution in [0.15, 0.2) is 11.7 Å². The first-order valence-electron chi connectivity index (χ1n) is 6.31. The second-order valence-corrected chi connectivity index (χ2v) is 3.75. The van der Waals surface area contributed by atoms with E-state index in [0.717, 1.165) is 31.6 Å². The van der Waals surface area contributed by atoms with Crippen molar-refractivity contribution in [3.8, 4) is 0 Å². The molecule has 0 aliphatic rings. The Kier molecular flexibility index (Phi) is 11.0. The standard InChI is InChI=1S/C13H26O4/c1-5-7-8-10-16-11-17-13(15-4)12(14-3)9-6-2/h5-11H2,1-4H3/b13-12-. The lowest BCUT2D eigenvalue weighted by Crippen LogP contribution is -2.06. The van der Waals surface area contributed by atoms with Crippen LogP contribution in [0, 0.1) is 0 Å². The molecule has 4 nitrogen and oxygen atoms in total. The van der Waals surface area contributed by atoms with E-state index in [1.54, 1.807) is 14.2 Å². The van der Waals surface area contributed by atoms with Crippen LogP contribution in [-0.2, 0) is 18.9 Å². The Balaban J connectivity index is 3.87. The molecule has 0 spiro atoms. The van der Waals surface area contributed by atoms with Crippen molar-refractivity contribution in [2.45, 2.75) is 46.0 Å². The van der Waals surface area contributed by atoms with Crippen LogP contribution < -0.4 is 0 Å². The molecule has 0 aliphatic carbocycles. The van der Waals surface area contributed by atoms with Gasteiger partial charge in [0.15, 0.2) is 12.6 Å². The number of allylic oxidation sites excluding steroid dienone is 1. The third-order valence-electron chi connectivity index (χ3n) is 2.30. The summed E-state index contributed by atoms with van der Waals surface area (Å²) in [5, 5.41) is 0. The molecule has 0 aliphatic heterocycles. The molecule has 0 unspecified atom stereocenters. The van der Waals surface area contributed by atoms with Gasteiger partial charge < -0.3 is 18.9 Å². The maximum Gasteiger partial charge on any atom is 0.320 e. The monoisotopic (exact) mass is 246 g/mol. The van der Waals surface area contributed by atoms with E-state index in [2.05, 4.69) is 13.8 Å². The quantitative estimate of drug-likeness (QED) is 0.318. The lowest BCUT2D eigenvalue weighted by atomic mass is 10.3. The highest BCUT2D eigenvalue weighted by Gasteiger charge is 2.08. The molecule has 0 saturated heterocycles. The fourth-order valence-corrected chi connectivity index (χ4v) is 1.38. The van der Waals surface area contributed by atoms with E-state index in [9.17, 15) is 0 Å². The summed E-state index contributed by atoms with van der Waals surface area (Å²) >= 11 is 0. The maximum atomic E-state index is 5.39. The summed E-state index contributed by atoms with van der Waals surface area (Å²) in [7, 11) is 3.19. The van der Waals surface area contributed by atoms with Gasteiger partial charge >= 0.3 is 5.95 Å². The number of hydrogen-bond acceptors (Lipinski definition) is 4. The zero-order valence-electron chi connectivity index (χ0n) is 11.6. The molecule has 0 aromatic heterocycles. The SMILES string of the molecule is CCCCCOCO/C(OC)=C(/CCC)OC. The maximum absolute atomic E-state index is 5.39. The highest BCUT2D eigenvalue weighted by Crippen LogP contribution is 2.13. The Morgan fingerprint density at radius 2 is 1.71 bits per heavy atom. The third-order valence-corrected chi connectivity index (χ3v) is 2.30. The Bertz CT molecular complexity index is 202. The van der Waals surface area contributed by atoms with Crippen molar-refractivity contribution in [1.82, 2.24) is 0 Å². The van der Waals surface area contributed by atoms with Crippen molar-refractivity contribution in [3.05, 3.63) is 11.7 Å². The van der Waals surface area contributed by atoms with Gasteiger partial charge in [-0.05, 0) is 12.8 Å². The molecule has 0 radical (unpaired) electrons. The first-order chi connectivity index (χ1) is 8.29. The van der Waals surface area contributed by atoms with Gasteiger partial charge in [0.1, 0.15) is 0 Å². The lowest BCUT2D eigenvalue weighted by molar-refractivity contribution is -0.0746. The van der Waals surface area contributed by atoms with E-state index in [0.29, 0.717) is 5.95 Å². The normalized spacial score (nSPS) is 12.0. The van der Waals surface area contributed by atoms with E-state index in [1.165, 1.54) is 12.8 Å². The molecule has 0 atom stereocenters. The predicted molar refractivity (Wildman–Crippen MR) is 67.4 cm³/mol. The Hall–Kier alpha value is -0.900. The van der Waals surface area contributed by atoms with E-state index in [4.69, 9.17) is 18.9 Å². The molecule has 17 heavy (non-hydrogen) atoms. The van der Waals surface area contributed by atoms with Crippen molar-refractivity contribution >= 4 is 0 Å². The van der Waals surface area contributed by atoms with Gasteiger partial charge in [-0.3, -0.25) is 0 Å². The van der Waals surface area contributed by atoms with Crippen molar-refractivity contribution in [2.24, 2.45) is 0 Å². The average molecular weight is 246 g/mol. The van der Waals surface area contributed by atoms with Crippen LogP contribution in [-0.4, -0.2) is 27.6 Å². The number of unbranched alkanes of at least 4 members (excludes halogenated alkanes) is 2. The van der Waals surface area contributed by atoms with E-state index < -0.39 is 0 Å². The molecule has 0 aromatic carbocycles. The summed E-state index contributed by atoms with van der Waals surface area (Å²) in [6.07, 6.45) is 5.23. The molecule has 0 amide bonds. The van der Waals surface area contributed by atoms with Gasteiger partial charge in [-0.25, -0.2) is 0 Å². The highest BCUT2D eigenvalue weighted by molar-refractivity contribution is 4.94. The van der Waals surface area contributed by atoms with Gasteiger partial charge in [-0.1, -0.05) is 26.7 Å². The second kappa shape index (κ2) is 11.6. The summed E-state index contributed by atoms with van der Waals surface area (Å²) in [6, 6.07) is 0. The number of hydrogen-bond donors (Lipinski definition) is 0. The van der Waals surface area contributed by atoms with Crippen molar-refractivity contribution in [2.75, 3.05) is 27.6 Å². The fourth-order valence-electron chi connectivity index (χ4n) is 1.38. The molecule has 4 heteroatoms. The number of ether oxygens (including phenoxy) is 4. The fraction of sp³-hybridized carbons (Fsp3) is 0.846. The average Bonchev–Trinajstić information content (AvgIpc) is 2.36. The molecular weight excluding hydrogens is 220 g/mol. The first kappa shape index (κ1) is 16.1. The zero-order valence-corrected chi connectivity index (χ0v) is 11.6. The molecule has 0 saturated carbocycles. The van der Waals surface area contributed by atoms with Crippen molar-refractivity contribution in [1.29, 1.82) is 0 Å². The van der Waals surface area contributed by atoms with Gasteiger partial charge in [0.05, 0.1) is 20.8 Å². The van der Waals surface area contributed by atoms with Crippen LogP contribution in [0.5, 0.6) is 0 Å². The Morgan fingerprint density at radius 3 is 2.24 bits per heavy atom. The minimum atomic E-state index is 0.212. The topological polar surface area (TPSA) is 36.9 Å². The van der Waals surface area contributed by atoms with Gasteiger partial charge in [0.25, 0.3) is 0 Å². The molecular formula is C13H26O4. The summed E-state index contributed by atoms with van der Waals surface area (Å²) in [5.74, 6) is 1.15. The van der Waals surface area contributed by atoms with Gasteiger partial charge in [-0.15, -0.1) is 0 Å². The minimum absolute atomic E-state index is 0.212. The second-order valence-electron chi connectivity index (χ2n) is 3.75. The molecule has 0 bridgehead atoms. The highest BCUT2D eigenvalue weighted by atomic mass is 16.7. The summed E-state index contributed by atoms with van der Waals surface area (Å²) < 4.78 is 21.1. The Morgan fingerprint density at radius 1 is 0.941 bits per heavy atom. The molecule has 0 N–H and O–H groups in total. The number of rotatable bonds is 11. The first-order valence-corrected chi connectivity index (χ1v) is 6.31. The largest absolute Gasteiger partial charge is 0.494 e. The Labute approximate surface area is 105 Å². The van der Waals surface area contributed by atoms with Crippen LogP contribution in [0.25, 0.3) is 0 Å². The van der Waals surface area contributed by atoms with E-state index >= 15 is 0 Å². The van der Waals surface area contributed by atoms with Gasteiger partial charge in [0, 0.05) is 6.42 Å². The smallest absolute Gasteiger partial charge is 0.320 e. The van der Waals surface area contributed by atoms with Crippen LogP contribution in [0.4, 0.5) is 0 Å². The van der Waals surface area contributed by atoms with Crippen LogP contribution in [0.2, 0.25) is 0 Å². The molecule has 0 aromatic rings. The van der Waals surface area contributed by atoms with E-state index in [1.807, 2.05) is 0 Å². The third kappa shape index (κ3) is 7.91. The molecule has 0 rings (SSSR count). The summed E-state index contributed by atoms with van der Waals surface area (Å²) in [5.41, 5.74) is 0. The predicted octanol–water partition coefficient (Wildman–Crippen LogP) is 3.43.